The van der Waals surface area contributed by atoms with Crippen LogP contribution >= 0.6 is 11.8 Å². The molecule has 0 fully saturated rings. The zero-order valence-electron chi connectivity index (χ0n) is 9.80. The monoisotopic (exact) mass is 245 g/mol. The number of hydrogen-bond donors (Lipinski definition) is 0. The first-order valence-electron chi connectivity index (χ1n) is 5.59. The van der Waals surface area contributed by atoms with Crippen LogP contribution in [-0.4, -0.2) is 23.1 Å². The minimum absolute atomic E-state index is 0.170. The molecular formula is C14H15NOS. The van der Waals surface area contributed by atoms with Gasteiger partial charge in [-0.15, -0.1) is 11.8 Å². The quantitative estimate of drug-likeness (QED) is 0.759. The average Bonchev–Trinajstić information content (AvgIpc) is 2.78. The molecule has 2 nitrogen and oxygen atoms in total. The Morgan fingerprint density at radius 1 is 1.41 bits per heavy atom. The predicted molar refractivity (Wildman–Crippen MR) is 72.8 cm³/mol. The van der Waals surface area contributed by atoms with Gasteiger partial charge < -0.3 is 4.90 Å². The van der Waals surface area contributed by atoms with E-state index in [0.29, 0.717) is 6.54 Å². The highest BCUT2D eigenvalue weighted by atomic mass is 32.2. The van der Waals surface area contributed by atoms with E-state index >= 15 is 0 Å². The van der Waals surface area contributed by atoms with Gasteiger partial charge in [-0.25, -0.2) is 0 Å². The van der Waals surface area contributed by atoms with Gasteiger partial charge in [0, 0.05) is 11.3 Å². The van der Waals surface area contributed by atoms with Crippen LogP contribution in [0.25, 0.3) is 0 Å². The molecule has 0 aliphatic carbocycles. The number of rotatable bonds is 4. The number of carbonyl (C=O) groups is 1. The van der Waals surface area contributed by atoms with Crippen LogP contribution in [0.5, 0.6) is 0 Å². The van der Waals surface area contributed by atoms with Crippen LogP contribution in [0.3, 0.4) is 0 Å². The van der Waals surface area contributed by atoms with E-state index in [1.807, 2.05) is 49.4 Å². The van der Waals surface area contributed by atoms with Crippen molar-refractivity contribution < 1.29 is 4.79 Å². The van der Waals surface area contributed by atoms with Gasteiger partial charge in [-0.05, 0) is 18.4 Å². The molecule has 1 heterocycles. The lowest BCUT2D eigenvalue weighted by atomic mass is 10.1. The number of ketones is 1. The maximum Gasteiger partial charge on any atom is 0.182 e. The number of thioether (sulfide) groups is 1. The summed E-state index contributed by atoms with van der Waals surface area (Å²) in [7, 11) is 0. The van der Waals surface area contributed by atoms with Crippen molar-refractivity contribution in [3.8, 4) is 0 Å². The van der Waals surface area contributed by atoms with Crippen molar-refractivity contribution in [2.75, 3.05) is 12.4 Å². The molecule has 0 amide bonds. The second-order valence-corrected chi connectivity index (χ2v) is 4.65. The zero-order valence-corrected chi connectivity index (χ0v) is 10.6. The standard InChI is InChI=1S/C14H15NOS/c1-2-6-13-10-17-11-15(13)9-14(16)12-7-4-3-5-8-12/h2-8,10H,9,11H2,1H3. The second-order valence-electron chi connectivity index (χ2n) is 3.83. The highest BCUT2D eigenvalue weighted by molar-refractivity contribution is 8.02. The third-order valence-electron chi connectivity index (χ3n) is 2.57. The first kappa shape index (κ1) is 12.0. The molecule has 1 aromatic rings. The van der Waals surface area contributed by atoms with E-state index in [1.54, 1.807) is 11.8 Å². The van der Waals surface area contributed by atoms with Gasteiger partial charge >= 0.3 is 0 Å². The average molecular weight is 245 g/mol. The smallest absolute Gasteiger partial charge is 0.182 e. The van der Waals surface area contributed by atoms with Crippen LogP contribution in [0.4, 0.5) is 0 Å². The van der Waals surface area contributed by atoms with Crippen molar-refractivity contribution in [2.24, 2.45) is 0 Å². The summed E-state index contributed by atoms with van der Waals surface area (Å²) in [5, 5.41) is 2.10. The fourth-order valence-electron chi connectivity index (χ4n) is 1.70. The van der Waals surface area contributed by atoms with Crippen molar-refractivity contribution in [1.82, 2.24) is 4.90 Å². The fraction of sp³-hybridized carbons (Fsp3) is 0.214. The summed E-state index contributed by atoms with van der Waals surface area (Å²) in [4.78, 5) is 14.1. The van der Waals surface area contributed by atoms with Crippen molar-refractivity contribution in [3.63, 3.8) is 0 Å². The van der Waals surface area contributed by atoms with Crippen molar-refractivity contribution >= 4 is 17.5 Å². The summed E-state index contributed by atoms with van der Waals surface area (Å²) in [5.41, 5.74) is 1.91. The number of carbonyl (C=O) groups excluding carboxylic acids is 1. The van der Waals surface area contributed by atoms with Gasteiger partial charge in [-0.1, -0.05) is 36.4 Å². The minimum atomic E-state index is 0.170. The van der Waals surface area contributed by atoms with Gasteiger partial charge in [-0.2, -0.15) is 0 Å². The predicted octanol–water partition coefficient (Wildman–Crippen LogP) is 3.29. The molecule has 17 heavy (non-hydrogen) atoms. The number of nitrogens with zero attached hydrogens (tertiary/aromatic N) is 1. The first-order valence-corrected chi connectivity index (χ1v) is 6.64. The molecule has 0 aromatic heterocycles. The lowest BCUT2D eigenvalue weighted by Crippen LogP contribution is -2.25. The Kier molecular flexibility index (Phi) is 4.04. The van der Waals surface area contributed by atoms with Gasteiger partial charge in [0.15, 0.2) is 5.78 Å². The Morgan fingerprint density at radius 2 is 2.18 bits per heavy atom. The molecule has 0 bridgehead atoms. The van der Waals surface area contributed by atoms with Crippen molar-refractivity contribution in [1.29, 1.82) is 0 Å². The Labute approximate surface area is 106 Å². The largest absolute Gasteiger partial charge is 0.354 e. The zero-order chi connectivity index (χ0) is 12.1. The molecule has 88 valence electrons. The summed E-state index contributed by atoms with van der Waals surface area (Å²) in [6, 6.07) is 9.45. The summed E-state index contributed by atoms with van der Waals surface area (Å²) in [6.45, 7) is 2.44. The maximum absolute atomic E-state index is 12.0. The van der Waals surface area contributed by atoms with Gasteiger partial charge in [-0.3, -0.25) is 4.79 Å². The van der Waals surface area contributed by atoms with Crippen LogP contribution in [0.15, 0.2) is 53.6 Å². The molecule has 0 atom stereocenters. The van der Waals surface area contributed by atoms with Crippen LogP contribution in [-0.2, 0) is 0 Å². The number of Topliss-reactive ketones (excluding diaryl/α,β-unsaturated/α-hetero) is 1. The molecule has 0 N–H and O–H groups in total. The van der Waals surface area contributed by atoms with Crippen LogP contribution in [0.1, 0.15) is 17.3 Å². The maximum atomic E-state index is 12.0. The molecule has 0 unspecified atom stereocenters. The molecule has 1 aliphatic heterocycles. The third-order valence-corrected chi connectivity index (χ3v) is 3.44. The van der Waals surface area contributed by atoms with Crippen LogP contribution in [0.2, 0.25) is 0 Å². The van der Waals surface area contributed by atoms with Crippen LogP contribution < -0.4 is 0 Å². The second kappa shape index (κ2) is 5.73. The molecule has 2 rings (SSSR count). The van der Waals surface area contributed by atoms with Gasteiger partial charge in [0.25, 0.3) is 0 Å². The molecule has 3 heteroatoms. The molecule has 0 spiro atoms. The van der Waals surface area contributed by atoms with E-state index in [0.717, 1.165) is 17.1 Å². The summed E-state index contributed by atoms with van der Waals surface area (Å²) in [6.07, 6.45) is 4.04. The highest BCUT2D eigenvalue weighted by Crippen LogP contribution is 2.24. The van der Waals surface area contributed by atoms with Gasteiger partial charge in [0.2, 0.25) is 0 Å². The summed E-state index contributed by atoms with van der Waals surface area (Å²) >= 11 is 1.73. The molecule has 1 aliphatic rings. The van der Waals surface area contributed by atoms with Gasteiger partial charge in [0.1, 0.15) is 0 Å². The molecular weight excluding hydrogens is 230 g/mol. The van der Waals surface area contributed by atoms with Gasteiger partial charge in [0.05, 0.1) is 12.4 Å². The number of hydrogen-bond acceptors (Lipinski definition) is 3. The van der Waals surface area contributed by atoms with E-state index in [4.69, 9.17) is 0 Å². The number of allylic oxidation sites excluding steroid dienone is 2. The van der Waals surface area contributed by atoms with Crippen molar-refractivity contribution in [3.05, 3.63) is 59.2 Å². The molecule has 0 saturated heterocycles. The van der Waals surface area contributed by atoms with E-state index in [-0.39, 0.29) is 5.78 Å². The van der Waals surface area contributed by atoms with E-state index < -0.39 is 0 Å². The Hall–Kier alpha value is -1.48. The highest BCUT2D eigenvalue weighted by Gasteiger charge is 2.17. The van der Waals surface area contributed by atoms with E-state index in [9.17, 15) is 4.79 Å². The van der Waals surface area contributed by atoms with E-state index in [1.165, 1.54) is 0 Å². The lowest BCUT2D eigenvalue weighted by molar-refractivity contribution is 0.0960. The summed E-state index contributed by atoms with van der Waals surface area (Å²) in [5.74, 6) is 1.03. The Bertz CT molecular complexity index is 451. The minimum Gasteiger partial charge on any atom is -0.354 e. The first-order chi connectivity index (χ1) is 8.31. The van der Waals surface area contributed by atoms with Crippen molar-refractivity contribution in [2.45, 2.75) is 6.92 Å². The topological polar surface area (TPSA) is 20.3 Å². The number of benzene rings is 1. The summed E-state index contributed by atoms with van der Waals surface area (Å²) < 4.78 is 0. The van der Waals surface area contributed by atoms with E-state index in [2.05, 4.69) is 10.3 Å². The van der Waals surface area contributed by atoms with Crippen LogP contribution in [0, 0.1) is 0 Å². The Morgan fingerprint density at radius 3 is 2.88 bits per heavy atom. The molecule has 1 aromatic carbocycles. The third kappa shape index (κ3) is 3.01. The fourth-order valence-corrected chi connectivity index (χ4v) is 2.60. The molecule has 0 saturated carbocycles. The Balaban J connectivity index is 2.03. The normalized spacial score (nSPS) is 15.4. The lowest BCUT2D eigenvalue weighted by Gasteiger charge is -2.18. The molecule has 0 radical (unpaired) electrons. The SMILES string of the molecule is CC=CC1=CSCN1CC(=O)c1ccccc1.